The Morgan fingerprint density at radius 3 is 2.12 bits per heavy atom. The first-order valence-electron chi connectivity index (χ1n) is 5.94. The van der Waals surface area contributed by atoms with Crippen LogP contribution in [0.4, 0.5) is 0 Å². The fourth-order valence-electron chi connectivity index (χ4n) is 1.35. The molecule has 3 nitrogen and oxygen atoms in total. The highest BCUT2D eigenvalue weighted by Crippen LogP contribution is 2.42. The van der Waals surface area contributed by atoms with E-state index in [4.69, 9.17) is 9.16 Å². The molecule has 0 aromatic heterocycles. The van der Waals surface area contributed by atoms with Crippen LogP contribution >= 0.6 is 0 Å². The quantitative estimate of drug-likeness (QED) is 0.563. The molecule has 0 aliphatic heterocycles. The number of hydrogen-bond acceptors (Lipinski definition) is 3. The third-order valence-corrected chi connectivity index (χ3v) is 8.17. The van der Waals surface area contributed by atoms with Gasteiger partial charge in [-0.3, -0.25) is 0 Å². The van der Waals surface area contributed by atoms with Crippen LogP contribution in [0.3, 0.4) is 0 Å². The molecule has 1 aliphatic rings. The van der Waals surface area contributed by atoms with Gasteiger partial charge in [-0.2, -0.15) is 0 Å². The summed E-state index contributed by atoms with van der Waals surface area (Å²) in [5, 5.41) is 0.133. The number of methoxy groups -OCH3 is 1. The Balaban J connectivity index is 2.71. The molecule has 0 N–H and O–H groups in total. The molecule has 0 heterocycles. The van der Waals surface area contributed by atoms with Gasteiger partial charge in [-0.1, -0.05) is 20.8 Å². The Kier molecular flexibility index (Phi) is 3.85. The number of ether oxygens (including phenoxy) is 1. The highest BCUT2D eigenvalue weighted by molar-refractivity contribution is 6.74. The summed E-state index contributed by atoms with van der Waals surface area (Å²) in [6.45, 7) is 10.9. The van der Waals surface area contributed by atoms with Gasteiger partial charge in [0.1, 0.15) is 6.10 Å². The molecule has 0 aromatic rings. The van der Waals surface area contributed by atoms with E-state index in [9.17, 15) is 4.79 Å². The minimum atomic E-state index is -1.87. The molecule has 1 fully saturated rings. The van der Waals surface area contributed by atoms with E-state index >= 15 is 0 Å². The molecule has 1 atom stereocenters. The number of esters is 1. The van der Waals surface area contributed by atoms with Crippen LogP contribution in [0.1, 0.15) is 33.6 Å². The third kappa shape index (κ3) is 3.07. The van der Waals surface area contributed by atoms with Gasteiger partial charge in [-0.15, -0.1) is 0 Å². The second-order valence-electron chi connectivity index (χ2n) is 6.16. The molecule has 1 saturated carbocycles. The van der Waals surface area contributed by atoms with Gasteiger partial charge >= 0.3 is 5.97 Å². The monoisotopic (exact) mass is 244 g/mol. The summed E-state index contributed by atoms with van der Waals surface area (Å²) in [6.07, 6.45) is 1.86. The number of rotatable bonds is 4. The number of hydrogen-bond donors (Lipinski definition) is 0. The number of carbonyl (C=O) groups is 1. The summed E-state index contributed by atoms with van der Waals surface area (Å²) in [4.78, 5) is 11.7. The van der Waals surface area contributed by atoms with Crippen molar-refractivity contribution in [2.24, 2.45) is 5.92 Å². The molecular weight excluding hydrogens is 220 g/mol. The Bertz CT molecular complexity index is 264. The Morgan fingerprint density at radius 2 is 1.81 bits per heavy atom. The predicted molar refractivity (Wildman–Crippen MR) is 66.8 cm³/mol. The molecule has 1 unspecified atom stereocenters. The minimum Gasteiger partial charge on any atom is -0.467 e. The van der Waals surface area contributed by atoms with Crippen LogP contribution in [0.25, 0.3) is 0 Å². The summed E-state index contributed by atoms with van der Waals surface area (Å²) in [7, 11) is -0.433. The maximum Gasteiger partial charge on any atom is 0.334 e. The van der Waals surface area contributed by atoms with Crippen molar-refractivity contribution in [3.63, 3.8) is 0 Å². The molecule has 1 aliphatic carbocycles. The van der Waals surface area contributed by atoms with Gasteiger partial charge < -0.3 is 9.16 Å². The smallest absolute Gasteiger partial charge is 0.334 e. The maximum atomic E-state index is 11.7. The first kappa shape index (κ1) is 13.7. The molecule has 0 amide bonds. The van der Waals surface area contributed by atoms with E-state index in [1.807, 2.05) is 0 Å². The van der Waals surface area contributed by atoms with Gasteiger partial charge in [0.05, 0.1) is 7.11 Å². The summed E-state index contributed by atoms with van der Waals surface area (Å²) < 4.78 is 11.0. The molecule has 0 saturated heterocycles. The van der Waals surface area contributed by atoms with E-state index < -0.39 is 8.32 Å². The SMILES string of the molecule is COC(=O)C(O[Si](C)(C)C(C)(C)C)C1CC1. The maximum absolute atomic E-state index is 11.7. The lowest BCUT2D eigenvalue weighted by molar-refractivity contribution is -0.150. The van der Waals surface area contributed by atoms with Crippen molar-refractivity contribution in [1.29, 1.82) is 0 Å². The van der Waals surface area contributed by atoms with Gasteiger partial charge in [-0.05, 0) is 36.9 Å². The van der Waals surface area contributed by atoms with Gasteiger partial charge in [0.25, 0.3) is 0 Å². The van der Waals surface area contributed by atoms with E-state index in [-0.39, 0.29) is 17.1 Å². The van der Waals surface area contributed by atoms with E-state index in [0.29, 0.717) is 5.92 Å². The molecule has 4 heteroatoms. The van der Waals surface area contributed by atoms with Gasteiger partial charge in [0.15, 0.2) is 8.32 Å². The Hall–Kier alpha value is -0.353. The standard InChI is InChI=1S/C12H24O3Si/c1-12(2,3)16(5,6)15-10(9-7-8-9)11(13)14-4/h9-10H,7-8H2,1-6H3. The molecule has 0 aromatic carbocycles. The van der Waals surface area contributed by atoms with Crippen molar-refractivity contribution in [2.75, 3.05) is 7.11 Å². The molecule has 0 radical (unpaired) electrons. The zero-order valence-corrected chi connectivity index (χ0v) is 12.3. The zero-order valence-electron chi connectivity index (χ0n) is 11.3. The van der Waals surface area contributed by atoms with Crippen LogP contribution in [0, 0.1) is 5.92 Å². The minimum absolute atomic E-state index is 0.133. The van der Waals surface area contributed by atoms with Gasteiger partial charge in [0.2, 0.25) is 0 Å². The van der Waals surface area contributed by atoms with Crippen LogP contribution in [-0.4, -0.2) is 27.5 Å². The normalized spacial score (nSPS) is 19.4. The average molecular weight is 244 g/mol. The van der Waals surface area contributed by atoms with Crippen molar-refractivity contribution in [3.05, 3.63) is 0 Å². The Morgan fingerprint density at radius 1 is 1.31 bits per heavy atom. The summed E-state index contributed by atoms with van der Waals surface area (Å²) in [6, 6.07) is 0. The second-order valence-corrected chi connectivity index (χ2v) is 10.9. The topological polar surface area (TPSA) is 35.5 Å². The molecular formula is C12H24O3Si. The van der Waals surface area contributed by atoms with Crippen molar-refractivity contribution in [3.8, 4) is 0 Å². The van der Waals surface area contributed by atoms with Crippen molar-refractivity contribution >= 4 is 14.3 Å². The van der Waals surface area contributed by atoms with Crippen LogP contribution in [0.2, 0.25) is 18.1 Å². The first-order valence-corrected chi connectivity index (χ1v) is 8.85. The Labute approximate surface area is 99.6 Å². The largest absolute Gasteiger partial charge is 0.467 e. The van der Waals surface area contributed by atoms with Crippen LogP contribution < -0.4 is 0 Å². The lowest BCUT2D eigenvalue weighted by atomic mass is 10.2. The summed E-state index contributed by atoms with van der Waals surface area (Å²) in [5.41, 5.74) is 0. The van der Waals surface area contributed by atoms with E-state index in [0.717, 1.165) is 12.8 Å². The summed E-state index contributed by atoms with van der Waals surface area (Å²) in [5.74, 6) is 0.189. The molecule has 94 valence electrons. The fraction of sp³-hybridized carbons (Fsp3) is 0.917. The molecule has 0 bridgehead atoms. The van der Waals surface area contributed by atoms with Crippen LogP contribution in [0.5, 0.6) is 0 Å². The number of carbonyl (C=O) groups excluding carboxylic acids is 1. The fourth-order valence-corrected chi connectivity index (χ4v) is 2.62. The first-order chi connectivity index (χ1) is 7.19. The highest BCUT2D eigenvalue weighted by atomic mass is 28.4. The lowest BCUT2D eigenvalue weighted by Crippen LogP contribution is -2.47. The predicted octanol–water partition coefficient (Wildman–Crippen LogP) is 2.96. The summed E-state index contributed by atoms with van der Waals surface area (Å²) >= 11 is 0. The third-order valence-electron chi connectivity index (χ3n) is 3.71. The second kappa shape index (κ2) is 4.49. The van der Waals surface area contributed by atoms with E-state index in [1.54, 1.807) is 0 Å². The molecule has 1 rings (SSSR count). The van der Waals surface area contributed by atoms with Crippen molar-refractivity contribution < 1.29 is 14.0 Å². The van der Waals surface area contributed by atoms with Crippen molar-refractivity contribution in [1.82, 2.24) is 0 Å². The molecule has 0 spiro atoms. The van der Waals surface area contributed by atoms with Crippen molar-refractivity contribution in [2.45, 2.75) is 57.8 Å². The van der Waals surface area contributed by atoms with Gasteiger partial charge in [0, 0.05) is 0 Å². The van der Waals surface area contributed by atoms with Crippen LogP contribution in [-0.2, 0) is 14.0 Å². The highest BCUT2D eigenvalue weighted by Gasteiger charge is 2.46. The average Bonchev–Trinajstić information content (AvgIpc) is 2.94. The molecule has 16 heavy (non-hydrogen) atoms. The van der Waals surface area contributed by atoms with E-state index in [1.165, 1.54) is 7.11 Å². The lowest BCUT2D eigenvalue weighted by Gasteiger charge is -2.38. The van der Waals surface area contributed by atoms with E-state index in [2.05, 4.69) is 33.9 Å². The van der Waals surface area contributed by atoms with Crippen LogP contribution in [0.15, 0.2) is 0 Å². The van der Waals surface area contributed by atoms with Gasteiger partial charge in [-0.25, -0.2) is 4.79 Å². The zero-order chi connectivity index (χ0) is 12.6.